The number of hydrogen-bond acceptors (Lipinski definition) is 4. The summed E-state index contributed by atoms with van der Waals surface area (Å²) in [6.07, 6.45) is 11.6. The largest absolute Gasteiger partial charge is 0.351 e. The molecule has 0 aromatic carbocycles. The fourth-order valence-corrected chi connectivity index (χ4v) is 5.96. The van der Waals surface area contributed by atoms with Crippen molar-refractivity contribution in [3.8, 4) is 0 Å². The number of amides is 2. The molecule has 168 valence electrons. The smallest absolute Gasteiger partial charge is 0.271 e. The van der Waals surface area contributed by atoms with Crippen LogP contribution in [0.25, 0.3) is 10.2 Å². The van der Waals surface area contributed by atoms with Crippen molar-refractivity contribution in [1.29, 1.82) is 0 Å². The second kappa shape index (κ2) is 8.70. The molecular weight excluding hydrogens is 420 g/mol. The molecule has 0 saturated heterocycles. The van der Waals surface area contributed by atoms with Gasteiger partial charge < -0.3 is 14.8 Å². The molecule has 1 N–H and O–H groups in total. The molecule has 3 aromatic heterocycles. The molecule has 2 amide bonds. The SMILES string of the molecule is C[C@@]1(C(=O)NC2CCCCCCC2)Cn2c(cc3sccc32)C(=O)N1Cc1cccnc1. The number of thiophene rings is 1. The highest BCUT2D eigenvalue weighted by atomic mass is 32.1. The van der Waals surface area contributed by atoms with Gasteiger partial charge in [-0.1, -0.05) is 38.2 Å². The third-order valence-corrected chi connectivity index (χ3v) is 7.89. The van der Waals surface area contributed by atoms with Crippen LogP contribution in [0.5, 0.6) is 0 Å². The lowest BCUT2D eigenvalue weighted by Gasteiger charge is -2.44. The Balaban J connectivity index is 1.49. The predicted octanol–water partition coefficient (Wildman–Crippen LogP) is 4.74. The lowest BCUT2D eigenvalue weighted by Crippen LogP contribution is -2.64. The number of nitrogens with zero attached hydrogens (tertiary/aromatic N) is 3. The van der Waals surface area contributed by atoms with Crippen LogP contribution in [0.1, 0.15) is 67.9 Å². The first-order valence-corrected chi connectivity index (χ1v) is 12.5. The molecule has 1 aliphatic heterocycles. The Morgan fingerprint density at radius 2 is 2.00 bits per heavy atom. The zero-order valence-corrected chi connectivity index (χ0v) is 19.4. The number of rotatable bonds is 4. The van der Waals surface area contributed by atoms with Gasteiger partial charge in [-0.05, 0) is 48.9 Å². The molecule has 0 spiro atoms. The summed E-state index contributed by atoms with van der Waals surface area (Å²) in [7, 11) is 0. The van der Waals surface area contributed by atoms with E-state index < -0.39 is 5.54 Å². The Labute approximate surface area is 192 Å². The average Bonchev–Trinajstić information content (AvgIpc) is 3.36. The molecule has 7 heteroatoms. The maximum Gasteiger partial charge on any atom is 0.271 e. The lowest BCUT2D eigenvalue weighted by atomic mass is 9.91. The number of hydrogen-bond donors (Lipinski definition) is 1. The van der Waals surface area contributed by atoms with Gasteiger partial charge in [-0.25, -0.2) is 0 Å². The van der Waals surface area contributed by atoms with Crippen LogP contribution in [0, 0.1) is 0 Å². The summed E-state index contributed by atoms with van der Waals surface area (Å²) in [5.41, 5.74) is 1.64. The highest BCUT2D eigenvalue weighted by molar-refractivity contribution is 7.17. The van der Waals surface area contributed by atoms with Crippen molar-refractivity contribution in [2.75, 3.05) is 0 Å². The molecule has 0 radical (unpaired) electrons. The van der Waals surface area contributed by atoms with Crippen LogP contribution in [0.2, 0.25) is 0 Å². The first-order chi connectivity index (χ1) is 15.6. The van der Waals surface area contributed by atoms with Crippen molar-refractivity contribution in [3.63, 3.8) is 0 Å². The molecule has 2 aliphatic rings. The Morgan fingerprint density at radius 3 is 2.75 bits per heavy atom. The van der Waals surface area contributed by atoms with Crippen molar-refractivity contribution in [2.45, 2.75) is 76.5 Å². The Hall–Kier alpha value is -2.67. The van der Waals surface area contributed by atoms with E-state index in [1.807, 2.05) is 41.1 Å². The lowest BCUT2D eigenvalue weighted by molar-refractivity contribution is -0.134. The van der Waals surface area contributed by atoms with Crippen LogP contribution in [0.3, 0.4) is 0 Å². The third kappa shape index (κ3) is 3.83. The summed E-state index contributed by atoms with van der Waals surface area (Å²) in [6.45, 7) is 2.73. The number of pyridine rings is 1. The summed E-state index contributed by atoms with van der Waals surface area (Å²) >= 11 is 1.63. The van der Waals surface area contributed by atoms with E-state index in [4.69, 9.17) is 0 Å². The second-order valence-corrected chi connectivity index (χ2v) is 10.3. The van der Waals surface area contributed by atoms with Gasteiger partial charge in [0.05, 0.1) is 16.8 Å². The highest BCUT2D eigenvalue weighted by Gasteiger charge is 2.48. The molecule has 6 nitrogen and oxygen atoms in total. The minimum absolute atomic E-state index is 0.0527. The minimum Gasteiger partial charge on any atom is -0.351 e. The van der Waals surface area contributed by atoms with Crippen molar-refractivity contribution in [3.05, 3.63) is 53.3 Å². The van der Waals surface area contributed by atoms with E-state index in [-0.39, 0.29) is 17.9 Å². The van der Waals surface area contributed by atoms with Gasteiger partial charge in [0.15, 0.2) is 0 Å². The van der Waals surface area contributed by atoms with Crippen molar-refractivity contribution >= 4 is 33.4 Å². The van der Waals surface area contributed by atoms with Crippen LogP contribution in [-0.2, 0) is 17.9 Å². The molecule has 3 aromatic rings. The number of fused-ring (bicyclic) bond motifs is 3. The monoisotopic (exact) mass is 450 g/mol. The molecule has 1 saturated carbocycles. The molecule has 1 fully saturated rings. The number of carbonyl (C=O) groups is 2. The maximum absolute atomic E-state index is 13.8. The molecule has 4 heterocycles. The first-order valence-electron chi connectivity index (χ1n) is 11.6. The number of carbonyl (C=O) groups excluding carboxylic acids is 2. The minimum atomic E-state index is -0.976. The average molecular weight is 451 g/mol. The molecular formula is C25H30N4O2S. The summed E-state index contributed by atoms with van der Waals surface area (Å²) in [5.74, 6) is -0.151. The Bertz CT molecular complexity index is 1110. The maximum atomic E-state index is 13.8. The molecule has 0 unspecified atom stereocenters. The van der Waals surface area contributed by atoms with E-state index in [0.29, 0.717) is 18.8 Å². The zero-order chi connectivity index (χ0) is 22.1. The fraction of sp³-hybridized carbons (Fsp3) is 0.480. The molecule has 1 aliphatic carbocycles. The van der Waals surface area contributed by atoms with Gasteiger partial charge in [-0.2, -0.15) is 0 Å². The van der Waals surface area contributed by atoms with Crippen molar-refractivity contribution in [2.24, 2.45) is 0 Å². The highest BCUT2D eigenvalue weighted by Crippen LogP contribution is 2.35. The van der Waals surface area contributed by atoms with E-state index >= 15 is 0 Å². The standard InChI is InChI=1S/C25H30N4O2S/c1-25(24(31)27-19-9-5-3-2-4-6-10-19)17-28-20-11-13-32-22(20)14-21(28)23(30)29(25)16-18-8-7-12-26-15-18/h7-8,11-15,19H,2-6,9-10,16-17H2,1H3,(H,27,31)/t25-/m0/s1. The van der Waals surface area contributed by atoms with Gasteiger partial charge in [0.1, 0.15) is 11.2 Å². The third-order valence-electron chi connectivity index (χ3n) is 7.04. The van der Waals surface area contributed by atoms with Crippen LogP contribution >= 0.6 is 11.3 Å². The molecule has 32 heavy (non-hydrogen) atoms. The normalized spacial score (nSPS) is 22.4. The van der Waals surface area contributed by atoms with Crippen LogP contribution < -0.4 is 5.32 Å². The van der Waals surface area contributed by atoms with E-state index in [0.717, 1.165) is 41.5 Å². The van der Waals surface area contributed by atoms with E-state index in [2.05, 4.69) is 10.3 Å². The number of aromatic nitrogens is 2. The van der Waals surface area contributed by atoms with Gasteiger partial charge in [0, 0.05) is 25.0 Å². The summed E-state index contributed by atoms with van der Waals surface area (Å²) in [6, 6.07) is 8.02. The van der Waals surface area contributed by atoms with Gasteiger partial charge in [0.2, 0.25) is 5.91 Å². The van der Waals surface area contributed by atoms with Crippen LogP contribution in [0.15, 0.2) is 42.0 Å². The van der Waals surface area contributed by atoms with Crippen LogP contribution in [0.4, 0.5) is 0 Å². The zero-order valence-electron chi connectivity index (χ0n) is 18.5. The van der Waals surface area contributed by atoms with Gasteiger partial charge >= 0.3 is 0 Å². The van der Waals surface area contributed by atoms with E-state index in [9.17, 15) is 9.59 Å². The van der Waals surface area contributed by atoms with Gasteiger partial charge in [-0.3, -0.25) is 14.6 Å². The van der Waals surface area contributed by atoms with E-state index in [1.54, 1.807) is 28.6 Å². The van der Waals surface area contributed by atoms with Gasteiger partial charge in [0.25, 0.3) is 5.91 Å². The topological polar surface area (TPSA) is 67.2 Å². The molecule has 1 atom stereocenters. The van der Waals surface area contributed by atoms with Crippen molar-refractivity contribution in [1.82, 2.24) is 19.8 Å². The summed E-state index contributed by atoms with van der Waals surface area (Å²) < 4.78 is 3.12. The predicted molar refractivity (Wildman–Crippen MR) is 127 cm³/mol. The second-order valence-electron chi connectivity index (χ2n) is 9.33. The Morgan fingerprint density at radius 1 is 1.22 bits per heavy atom. The summed E-state index contributed by atoms with van der Waals surface area (Å²) in [4.78, 5) is 33.5. The quantitative estimate of drug-likeness (QED) is 0.624. The van der Waals surface area contributed by atoms with Crippen molar-refractivity contribution < 1.29 is 9.59 Å². The Kier molecular flexibility index (Phi) is 5.76. The molecule has 5 rings (SSSR count). The molecule has 0 bridgehead atoms. The number of nitrogens with one attached hydrogen (secondary N) is 1. The van der Waals surface area contributed by atoms with Crippen LogP contribution in [-0.4, -0.2) is 37.8 Å². The fourth-order valence-electron chi connectivity index (χ4n) is 5.14. The first kappa shape index (κ1) is 21.2. The summed E-state index contributed by atoms with van der Waals surface area (Å²) in [5, 5.41) is 5.38. The van der Waals surface area contributed by atoms with Gasteiger partial charge in [-0.15, -0.1) is 11.3 Å². The van der Waals surface area contributed by atoms with E-state index in [1.165, 1.54) is 19.3 Å².